The molecule has 7 rings (SSSR count). The average Bonchev–Trinajstić information content (AvgIpc) is 3.42. The molecule has 0 bridgehead atoms. The first-order valence-corrected chi connectivity index (χ1v) is 11.1. The number of aromatic nitrogens is 3. The molecule has 0 N–H and O–H groups in total. The minimum Gasteiger partial charge on any atom is -0.309 e. The van der Waals surface area contributed by atoms with Gasteiger partial charge in [0, 0.05) is 44.1 Å². The van der Waals surface area contributed by atoms with Gasteiger partial charge >= 0.3 is 0 Å². The number of hydrogen-bond donors (Lipinski definition) is 0. The zero-order valence-corrected chi connectivity index (χ0v) is 18.0. The summed E-state index contributed by atoms with van der Waals surface area (Å²) in [7, 11) is 0. The fraction of sp³-hybridized carbons (Fsp3) is 0. The zero-order chi connectivity index (χ0) is 20.5. The summed E-state index contributed by atoms with van der Waals surface area (Å²) in [5.41, 5.74) is 5.72. The predicted molar refractivity (Wildman–Crippen MR) is 132 cm³/mol. The van der Waals surface area contributed by atoms with Crippen LogP contribution < -0.4 is 0 Å². The molecular weight excluding hydrogens is 446 g/mol. The van der Waals surface area contributed by atoms with Crippen LogP contribution in [0.2, 0.25) is 0 Å². The van der Waals surface area contributed by atoms with Crippen molar-refractivity contribution in [1.82, 2.24) is 14.0 Å². The Kier molecular flexibility index (Phi) is 3.41. The van der Waals surface area contributed by atoms with Crippen molar-refractivity contribution in [3.63, 3.8) is 0 Å². The monoisotopic (exact) mass is 461 g/mol. The van der Waals surface area contributed by atoms with Crippen LogP contribution in [0.4, 0.5) is 0 Å². The first-order chi connectivity index (χ1) is 15.3. The summed E-state index contributed by atoms with van der Waals surface area (Å²) in [5, 5.41) is 6.12. The van der Waals surface area contributed by atoms with Crippen molar-refractivity contribution in [3.8, 4) is 5.69 Å². The normalized spacial score (nSPS) is 12.0. The molecule has 0 aliphatic heterocycles. The standard InChI is InChI=1S/C27H16BrN3/c28-17-10-11-19-21-15-22-20-8-4-5-9-24(20)31(18-6-2-1-3-7-18)26(22)16-25(21)30-13-12-29-27(30)23(19)14-17/h1-16H. The molecule has 3 heterocycles. The molecule has 3 aromatic heterocycles. The Morgan fingerprint density at radius 3 is 2.32 bits per heavy atom. The molecule has 0 aliphatic rings. The Labute approximate surface area is 186 Å². The van der Waals surface area contributed by atoms with Gasteiger partial charge in [-0.1, -0.05) is 58.4 Å². The molecule has 0 radical (unpaired) electrons. The molecule has 0 atom stereocenters. The van der Waals surface area contributed by atoms with Crippen LogP contribution in [-0.2, 0) is 0 Å². The summed E-state index contributed by atoms with van der Waals surface area (Å²) in [5.74, 6) is 0. The lowest BCUT2D eigenvalue weighted by atomic mass is 10.0. The molecule has 0 amide bonds. The predicted octanol–water partition coefficient (Wildman–Crippen LogP) is 7.50. The van der Waals surface area contributed by atoms with Crippen LogP contribution in [0.25, 0.3) is 54.8 Å². The van der Waals surface area contributed by atoms with Gasteiger partial charge in [0.1, 0.15) is 5.65 Å². The van der Waals surface area contributed by atoms with Gasteiger partial charge in [-0.2, -0.15) is 0 Å². The van der Waals surface area contributed by atoms with Gasteiger partial charge in [0.15, 0.2) is 0 Å². The zero-order valence-electron chi connectivity index (χ0n) is 16.5. The third-order valence-corrected chi connectivity index (χ3v) is 6.71. The highest BCUT2D eigenvalue weighted by Crippen LogP contribution is 2.38. The molecule has 4 heteroatoms. The Morgan fingerprint density at radius 1 is 0.613 bits per heavy atom. The molecule has 0 aliphatic carbocycles. The van der Waals surface area contributed by atoms with Gasteiger partial charge in [-0.3, -0.25) is 4.40 Å². The van der Waals surface area contributed by atoms with Crippen LogP contribution in [0.1, 0.15) is 0 Å². The number of halogens is 1. The van der Waals surface area contributed by atoms with Gasteiger partial charge in [0.05, 0.1) is 16.6 Å². The third-order valence-electron chi connectivity index (χ3n) is 6.22. The van der Waals surface area contributed by atoms with Gasteiger partial charge in [-0.25, -0.2) is 4.98 Å². The maximum Gasteiger partial charge on any atom is 0.145 e. The smallest absolute Gasteiger partial charge is 0.145 e. The Bertz CT molecular complexity index is 1790. The van der Waals surface area contributed by atoms with Crippen molar-refractivity contribution < 1.29 is 0 Å². The van der Waals surface area contributed by atoms with Crippen LogP contribution in [-0.4, -0.2) is 14.0 Å². The fourth-order valence-corrected chi connectivity index (χ4v) is 5.27. The molecule has 0 saturated heterocycles. The molecule has 0 spiro atoms. The van der Waals surface area contributed by atoms with E-state index in [1.165, 1.54) is 38.3 Å². The molecule has 0 fully saturated rings. The Balaban J connectivity index is 1.76. The first-order valence-electron chi connectivity index (χ1n) is 10.3. The summed E-state index contributed by atoms with van der Waals surface area (Å²) in [4.78, 5) is 4.68. The molecule has 0 saturated carbocycles. The summed E-state index contributed by atoms with van der Waals surface area (Å²) < 4.78 is 5.63. The van der Waals surface area contributed by atoms with Gasteiger partial charge < -0.3 is 4.57 Å². The minimum atomic E-state index is 0.977. The molecule has 3 nitrogen and oxygen atoms in total. The highest BCUT2D eigenvalue weighted by molar-refractivity contribution is 9.10. The number of hydrogen-bond acceptors (Lipinski definition) is 1. The quantitative estimate of drug-likeness (QED) is 0.232. The number of rotatable bonds is 1. The second-order valence-electron chi connectivity index (χ2n) is 7.89. The van der Waals surface area contributed by atoms with E-state index in [0.29, 0.717) is 0 Å². The maximum atomic E-state index is 4.68. The van der Waals surface area contributed by atoms with E-state index in [4.69, 9.17) is 0 Å². The highest BCUT2D eigenvalue weighted by Gasteiger charge is 2.16. The van der Waals surface area contributed by atoms with Crippen molar-refractivity contribution >= 4 is 65.1 Å². The lowest BCUT2D eigenvalue weighted by molar-refractivity contribution is 1.18. The van der Waals surface area contributed by atoms with E-state index in [1.54, 1.807) is 0 Å². The fourth-order valence-electron chi connectivity index (χ4n) is 4.91. The van der Waals surface area contributed by atoms with E-state index in [1.807, 2.05) is 6.20 Å². The van der Waals surface area contributed by atoms with Crippen molar-refractivity contribution in [2.24, 2.45) is 0 Å². The number of para-hydroxylation sites is 2. The van der Waals surface area contributed by atoms with Crippen molar-refractivity contribution in [2.45, 2.75) is 0 Å². The van der Waals surface area contributed by atoms with Crippen molar-refractivity contribution in [2.75, 3.05) is 0 Å². The van der Waals surface area contributed by atoms with Gasteiger partial charge in [0.25, 0.3) is 0 Å². The van der Waals surface area contributed by atoms with Crippen LogP contribution in [0.5, 0.6) is 0 Å². The van der Waals surface area contributed by atoms with E-state index in [2.05, 4.69) is 121 Å². The van der Waals surface area contributed by atoms with Crippen LogP contribution in [0.15, 0.2) is 102 Å². The largest absolute Gasteiger partial charge is 0.309 e. The molecule has 7 aromatic rings. The minimum absolute atomic E-state index is 0.977. The van der Waals surface area contributed by atoms with Crippen molar-refractivity contribution in [1.29, 1.82) is 0 Å². The first kappa shape index (κ1) is 17.1. The van der Waals surface area contributed by atoms with Crippen molar-refractivity contribution in [3.05, 3.63) is 102 Å². The number of pyridine rings is 1. The molecule has 4 aromatic carbocycles. The number of benzene rings is 4. The highest BCUT2D eigenvalue weighted by atomic mass is 79.9. The van der Waals surface area contributed by atoms with E-state index < -0.39 is 0 Å². The summed E-state index contributed by atoms with van der Waals surface area (Å²) in [6, 6.07) is 30.4. The van der Waals surface area contributed by atoms with E-state index >= 15 is 0 Å². The second-order valence-corrected chi connectivity index (χ2v) is 8.80. The Morgan fingerprint density at radius 2 is 1.42 bits per heavy atom. The van der Waals surface area contributed by atoms with Gasteiger partial charge in [-0.05, 0) is 47.9 Å². The van der Waals surface area contributed by atoms with E-state index in [9.17, 15) is 0 Å². The lowest BCUT2D eigenvalue weighted by Crippen LogP contribution is -1.95. The number of fused-ring (bicyclic) bond motifs is 9. The number of nitrogens with zero attached hydrogens (tertiary/aromatic N) is 3. The summed E-state index contributed by atoms with van der Waals surface area (Å²) in [6.07, 6.45) is 3.94. The van der Waals surface area contributed by atoms with E-state index in [0.717, 1.165) is 21.0 Å². The van der Waals surface area contributed by atoms with Crippen LogP contribution in [0, 0.1) is 0 Å². The van der Waals surface area contributed by atoms with Crippen LogP contribution >= 0.6 is 15.9 Å². The van der Waals surface area contributed by atoms with Gasteiger partial charge in [0.2, 0.25) is 0 Å². The molecule has 31 heavy (non-hydrogen) atoms. The molecular formula is C27H16BrN3. The summed E-state index contributed by atoms with van der Waals surface area (Å²) >= 11 is 3.63. The van der Waals surface area contributed by atoms with Gasteiger partial charge in [-0.15, -0.1) is 0 Å². The van der Waals surface area contributed by atoms with Crippen LogP contribution in [0.3, 0.4) is 0 Å². The topological polar surface area (TPSA) is 22.2 Å². The average molecular weight is 462 g/mol. The molecule has 146 valence electrons. The second kappa shape index (κ2) is 6.19. The lowest BCUT2D eigenvalue weighted by Gasteiger charge is -2.11. The third kappa shape index (κ3) is 2.31. The summed E-state index contributed by atoms with van der Waals surface area (Å²) in [6.45, 7) is 0. The SMILES string of the molecule is Brc1ccc2c3cc4c5ccccc5n(-c5ccccc5)c4cc3n3ccnc3c2c1. The Hall–Kier alpha value is -3.63. The number of imidazole rings is 1. The maximum absolute atomic E-state index is 4.68. The molecule has 0 unspecified atom stereocenters. The van der Waals surface area contributed by atoms with E-state index in [-0.39, 0.29) is 0 Å².